The lowest BCUT2D eigenvalue weighted by molar-refractivity contribution is 0.0639. The minimum Gasteiger partial charge on any atom is -0.497 e. The molecule has 1 heterocycles. The number of methoxy groups -OCH3 is 1. The number of nitrogens with one attached hydrogen (secondary N) is 1. The van der Waals surface area contributed by atoms with E-state index in [2.05, 4.69) is 5.32 Å². The summed E-state index contributed by atoms with van der Waals surface area (Å²) in [6.45, 7) is 2.14. The molecule has 1 fully saturated rings. The van der Waals surface area contributed by atoms with Gasteiger partial charge in [-0.3, -0.25) is 0 Å². The van der Waals surface area contributed by atoms with Crippen molar-refractivity contribution in [2.24, 2.45) is 0 Å². The largest absolute Gasteiger partial charge is 0.497 e. The minimum absolute atomic E-state index is 0.360. The molecule has 0 aromatic heterocycles. The number of hydrogen-bond donors (Lipinski definition) is 2. The van der Waals surface area contributed by atoms with Crippen LogP contribution in [0.5, 0.6) is 5.75 Å². The molecule has 18 heavy (non-hydrogen) atoms. The first-order valence-electron chi connectivity index (χ1n) is 6.42. The second kappa shape index (κ2) is 6.73. The lowest BCUT2D eigenvalue weighted by atomic mass is 10.1. The van der Waals surface area contributed by atoms with Crippen molar-refractivity contribution in [3.8, 4) is 5.75 Å². The topological polar surface area (TPSA) is 50.7 Å². The van der Waals surface area contributed by atoms with Crippen molar-refractivity contribution < 1.29 is 14.6 Å². The second-order valence-corrected chi connectivity index (χ2v) is 4.61. The van der Waals surface area contributed by atoms with Gasteiger partial charge in [-0.1, -0.05) is 12.1 Å². The SMILES string of the molecule is COc1cccc(C(O)CNC2CCCOC2)c1. The molecule has 1 aliphatic rings. The number of aliphatic hydroxyl groups is 1. The standard InChI is InChI=1S/C14H21NO3/c1-17-13-6-2-4-11(8-13)14(16)9-15-12-5-3-7-18-10-12/h2,4,6,8,12,14-16H,3,5,7,9-10H2,1H3. The number of aliphatic hydroxyl groups excluding tert-OH is 1. The van der Waals surface area contributed by atoms with Gasteiger partial charge in [-0.15, -0.1) is 0 Å². The molecule has 0 amide bonds. The molecule has 1 aliphatic heterocycles. The predicted octanol–water partition coefficient (Wildman–Crippen LogP) is 1.50. The Hall–Kier alpha value is -1.10. The van der Waals surface area contributed by atoms with E-state index < -0.39 is 6.10 Å². The highest BCUT2D eigenvalue weighted by Gasteiger charge is 2.15. The van der Waals surface area contributed by atoms with E-state index in [1.165, 1.54) is 0 Å². The van der Waals surface area contributed by atoms with Crippen LogP contribution in [0.1, 0.15) is 24.5 Å². The second-order valence-electron chi connectivity index (χ2n) is 4.61. The van der Waals surface area contributed by atoms with E-state index in [0.29, 0.717) is 12.6 Å². The molecule has 0 spiro atoms. The summed E-state index contributed by atoms with van der Waals surface area (Å²) in [7, 11) is 1.63. The van der Waals surface area contributed by atoms with Crippen molar-refractivity contribution in [2.45, 2.75) is 25.0 Å². The zero-order valence-corrected chi connectivity index (χ0v) is 10.8. The van der Waals surface area contributed by atoms with Gasteiger partial charge in [-0.25, -0.2) is 0 Å². The van der Waals surface area contributed by atoms with Crippen molar-refractivity contribution in [1.82, 2.24) is 5.32 Å². The molecule has 2 rings (SSSR count). The third-order valence-electron chi connectivity index (χ3n) is 3.24. The van der Waals surface area contributed by atoms with Crippen molar-refractivity contribution in [1.29, 1.82) is 0 Å². The highest BCUT2D eigenvalue weighted by Crippen LogP contribution is 2.19. The molecule has 1 aromatic rings. The van der Waals surface area contributed by atoms with Crippen LogP contribution in [0.4, 0.5) is 0 Å². The van der Waals surface area contributed by atoms with Gasteiger partial charge in [0.25, 0.3) is 0 Å². The van der Waals surface area contributed by atoms with Crippen molar-refractivity contribution in [3.05, 3.63) is 29.8 Å². The maximum absolute atomic E-state index is 10.1. The molecule has 4 nitrogen and oxygen atoms in total. The van der Waals surface area contributed by atoms with E-state index >= 15 is 0 Å². The smallest absolute Gasteiger partial charge is 0.119 e. The first kappa shape index (κ1) is 13.3. The Balaban J connectivity index is 1.84. The van der Waals surface area contributed by atoms with Gasteiger partial charge < -0.3 is 19.9 Å². The Kier molecular flexibility index (Phi) is 4.99. The highest BCUT2D eigenvalue weighted by atomic mass is 16.5. The number of rotatable bonds is 5. The summed E-state index contributed by atoms with van der Waals surface area (Å²) in [6, 6.07) is 7.90. The van der Waals surface area contributed by atoms with Crippen LogP contribution < -0.4 is 10.1 Å². The minimum atomic E-state index is -0.512. The van der Waals surface area contributed by atoms with Crippen LogP contribution in [0.25, 0.3) is 0 Å². The Morgan fingerprint density at radius 1 is 1.56 bits per heavy atom. The third kappa shape index (κ3) is 3.70. The molecule has 2 atom stereocenters. The van der Waals surface area contributed by atoms with Gasteiger partial charge in [0.15, 0.2) is 0 Å². The number of hydrogen-bond acceptors (Lipinski definition) is 4. The van der Waals surface area contributed by atoms with E-state index in [9.17, 15) is 5.11 Å². The molecule has 2 unspecified atom stereocenters. The maximum atomic E-state index is 10.1. The Bertz CT molecular complexity index is 364. The number of ether oxygens (including phenoxy) is 2. The van der Waals surface area contributed by atoms with Crippen LogP contribution in [-0.4, -0.2) is 38.0 Å². The van der Waals surface area contributed by atoms with Gasteiger partial charge in [0, 0.05) is 19.2 Å². The predicted molar refractivity (Wildman–Crippen MR) is 69.8 cm³/mol. The van der Waals surface area contributed by atoms with Crippen LogP contribution in [0.3, 0.4) is 0 Å². The van der Waals surface area contributed by atoms with Gasteiger partial charge in [-0.2, -0.15) is 0 Å². The average Bonchev–Trinajstić information content (AvgIpc) is 2.46. The van der Waals surface area contributed by atoms with Crippen LogP contribution in [-0.2, 0) is 4.74 Å². The van der Waals surface area contributed by atoms with E-state index in [0.717, 1.165) is 37.4 Å². The first-order chi connectivity index (χ1) is 8.79. The summed E-state index contributed by atoms with van der Waals surface area (Å²) in [4.78, 5) is 0. The average molecular weight is 251 g/mol. The van der Waals surface area contributed by atoms with Crippen molar-refractivity contribution >= 4 is 0 Å². The quantitative estimate of drug-likeness (QED) is 0.832. The fraction of sp³-hybridized carbons (Fsp3) is 0.571. The van der Waals surface area contributed by atoms with Gasteiger partial charge in [-0.05, 0) is 30.5 Å². The summed E-state index contributed by atoms with van der Waals surface area (Å²) in [5.74, 6) is 0.771. The van der Waals surface area contributed by atoms with E-state index in [1.54, 1.807) is 7.11 Å². The molecular formula is C14H21NO3. The molecular weight excluding hydrogens is 230 g/mol. The Morgan fingerprint density at radius 3 is 3.17 bits per heavy atom. The zero-order chi connectivity index (χ0) is 12.8. The molecule has 1 aromatic carbocycles. The molecule has 100 valence electrons. The van der Waals surface area contributed by atoms with Crippen molar-refractivity contribution in [2.75, 3.05) is 26.9 Å². The highest BCUT2D eigenvalue weighted by molar-refractivity contribution is 5.29. The van der Waals surface area contributed by atoms with E-state index in [-0.39, 0.29) is 0 Å². The number of benzene rings is 1. The summed E-state index contributed by atoms with van der Waals surface area (Å²) >= 11 is 0. The lowest BCUT2D eigenvalue weighted by Gasteiger charge is -2.24. The summed E-state index contributed by atoms with van der Waals surface area (Å²) in [6.07, 6.45) is 1.69. The Labute approximate surface area is 108 Å². The summed E-state index contributed by atoms with van der Waals surface area (Å²) < 4.78 is 10.5. The summed E-state index contributed by atoms with van der Waals surface area (Å²) in [5.41, 5.74) is 0.874. The van der Waals surface area contributed by atoms with Gasteiger partial charge in [0.2, 0.25) is 0 Å². The maximum Gasteiger partial charge on any atom is 0.119 e. The molecule has 0 radical (unpaired) electrons. The molecule has 1 saturated heterocycles. The third-order valence-corrected chi connectivity index (χ3v) is 3.24. The lowest BCUT2D eigenvalue weighted by Crippen LogP contribution is -2.38. The van der Waals surface area contributed by atoms with Gasteiger partial charge >= 0.3 is 0 Å². The van der Waals surface area contributed by atoms with E-state index in [1.807, 2.05) is 24.3 Å². The van der Waals surface area contributed by atoms with Crippen LogP contribution in [0.2, 0.25) is 0 Å². The fourth-order valence-electron chi connectivity index (χ4n) is 2.15. The Morgan fingerprint density at radius 2 is 2.44 bits per heavy atom. The molecule has 0 bridgehead atoms. The first-order valence-corrected chi connectivity index (χ1v) is 6.42. The summed E-state index contributed by atoms with van der Waals surface area (Å²) in [5, 5.41) is 13.5. The molecule has 4 heteroatoms. The monoisotopic (exact) mass is 251 g/mol. The van der Waals surface area contributed by atoms with Crippen LogP contribution in [0, 0.1) is 0 Å². The fourth-order valence-corrected chi connectivity index (χ4v) is 2.15. The van der Waals surface area contributed by atoms with Crippen LogP contribution in [0.15, 0.2) is 24.3 Å². The molecule has 2 N–H and O–H groups in total. The molecule has 0 saturated carbocycles. The zero-order valence-electron chi connectivity index (χ0n) is 10.8. The van der Waals surface area contributed by atoms with Crippen molar-refractivity contribution in [3.63, 3.8) is 0 Å². The van der Waals surface area contributed by atoms with Gasteiger partial charge in [0.05, 0.1) is 19.8 Å². The van der Waals surface area contributed by atoms with E-state index in [4.69, 9.17) is 9.47 Å². The van der Waals surface area contributed by atoms with Gasteiger partial charge in [0.1, 0.15) is 5.75 Å². The van der Waals surface area contributed by atoms with Crippen LogP contribution >= 0.6 is 0 Å². The normalized spacial score (nSPS) is 21.6. The molecule has 0 aliphatic carbocycles.